The van der Waals surface area contributed by atoms with Crippen molar-refractivity contribution in [2.24, 2.45) is 5.92 Å². The van der Waals surface area contributed by atoms with Gasteiger partial charge in [0.15, 0.2) is 0 Å². The van der Waals surface area contributed by atoms with Gasteiger partial charge in [0, 0.05) is 0 Å². The molecule has 34 heavy (non-hydrogen) atoms. The highest BCUT2D eigenvalue weighted by molar-refractivity contribution is 5.81. The Morgan fingerprint density at radius 1 is 0.941 bits per heavy atom. The van der Waals surface area contributed by atoms with Gasteiger partial charge in [-0.05, 0) is 42.3 Å². The van der Waals surface area contributed by atoms with Crippen LogP contribution >= 0.6 is 0 Å². The summed E-state index contributed by atoms with van der Waals surface area (Å²) >= 11 is 0. The van der Waals surface area contributed by atoms with Crippen molar-refractivity contribution in [3.8, 4) is 5.75 Å². The first-order valence-electron chi connectivity index (χ1n) is 11.4. The molecule has 5 rings (SSSR count). The minimum absolute atomic E-state index is 0.108. The van der Waals surface area contributed by atoms with Crippen LogP contribution in [0.1, 0.15) is 31.5 Å². The molecule has 7 nitrogen and oxygen atoms in total. The highest BCUT2D eigenvalue weighted by atomic mass is 16.5. The molecule has 3 aromatic carbocycles. The zero-order valence-electron chi connectivity index (χ0n) is 19.2. The van der Waals surface area contributed by atoms with E-state index in [0.717, 1.165) is 33.6 Å². The second-order valence-corrected chi connectivity index (χ2v) is 8.63. The number of carbonyl (C=O) groups excluding carboxylic acids is 1. The molecular weight excluding hydrogens is 426 g/mol. The van der Waals surface area contributed by atoms with Crippen molar-refractivity contribution in [2.75, 3.05) is 0 Å². The molecule has 0 radical (unpaired) electrons. The molecular formula is C27H27N5O2. The number of hydrogen-bond acceptors (Lipinski definition) is 4. The molecule has 2 heterocycles. The van der Waals surface area contributed by atoms with E-state index in [4.69, 9.17) is 14.7 Å². The van der Waals surface area contributed by atoms with Gasteiger partial charge in [0.25, 0.3) is 0 Å². The Kier molecular flexibility index (Phi) is 5.99. The number of nitrogens with zero attached hydrogens (tertiary/aromatic N) is 3. The first kappa shape index (κ1) is 21.7. The molecule has 1 amide bonds. The zero-order chi connectivity index (χ0) is 23.5. The third-order valence-electron chi connectivity index (χ3n) is 5.83. The largest absolute Gasteiger partial charge is 0.486 e. The summed E-state index contributed by atoms with van der Waals surface area (Å²) in [6, 6.07) is 25.1. The van der Waals surface area contributed by atoms with Crippen molar-refractivity contribution in [3.63, 3.8) is 0 Å². The molecule has 1 atom stereocenters. The fourth-order valence-corrected chi connectivity index (χ4v) is 4.11. The van der Waals surface area contributed by atoms with Gasteiger partial charge in [-0.1, -0.05) is 56.3 Å². The summed E-state index contributed by atoms with van der Waals surface area (Å²) in [5.41, 5.74) is 3.57. The number of rotatable bonds is 8. The van der Waals surface area contributed by atoms with Crippen LogP contribution in [0, 0.1) is 5.92 Å². The van der Waals surface area contributed by atoms with Crippen molar-refractivity contribution >= 4 is 28.0 Å². The molecule has 0 aliphatic rings. The fourth-order valence-electron chi connectivity index (χ4n) is 4.11. The van der Waals surface area contributed by atoms with E-state index < -0.39 is 0 Å². The van der Waals surface area contributed by atoms with Crippen molar-refractivity contribution in [1.82, 2.24) is 24.8 Å². The first-order valence-corrected chi connectivity index (χ1v) is 11.4. The summed E-state index contributed by atoms with van der Waals surface area (Å²) in [5.74, 6) is 2.27. The SMILES string of the molecule is CC(C)C(NC(=O)Cn1c(COc2ccccc2)nc2ccccc21)c1nc2ccccc2[nH]1. The number of imidazole rings is 2. The second-order valence-electron chi connectivity index (χ2n) is 8.63. The highest BCUT2D eigenvalue weighted by Gasteiger charge is 2.23. The number of nitrogens with one attached hydrogen (secondary N) is 2. The van der Waals surface area contributed by atoms with Crippen molar-refractivity contribution in [2.45, 2.75) is 33.0 Å². The number of carbonyl (C=O) groups is 1. The van der Waals surface area contributed by atoms with Crippen LogP contribution in [0.25, 0.3) is 22.1 Å². The van der Waals surface area contributed by atoms with E-state index >= 15 is 0 Å². The number of benzene rings is 3. The standard InChI is InChI=1S/C27H27N5O2/c1-18(2)26(27-29-20-12-6-7-13-21(20)30-27)31-25(33)16-32-23-15-9-8-14-22(23)28-24(32)17-34-19-10-4-3-5-11-19/h3-15,18,26H,16-17H2,1-2H3,(H,29,30)(H,31,33). The summed E-state index contributed by atoms with van der Waals surface area (Å²) < 4.78 is 7.86. The van der Waals surface area contributed by atoms with Crippen LogP contribution in [-0.4, -0.2) is 25.4 Å². The average molecular weight is 454 g/mol. The van der Waals surface area contributed by atoms with E-state index in [9.17, 15) is 4.79 Å². The monoisotopic (exact) mass is 453 g/mol. The van der Waals surface area contributed by atoms with Gasteiger partial charge in [-0.3, -0.25) is 4.79 Å². The average Bonchev–Trinajstić information content (AvgIpc) is 3.43. The molecule has 2 N–H and O–H groups in total. The minimum atomic E-state index is -0.237. The van der Waals surface area contributed by atoms with Crippen LogP contribution in [-0.2, 0) is 17.9 Å². The maximum atomic E-state index is 13.2. The normalized spacial score (nSPS) is 12.3. The third kappa shape index (κ3) is 4.50. The van der Waals surface area contributed by atoms with Gasteiger partial charge in [-0.25, -0.2) is 9.97 Å². The lowest BCUT2D eigenvalue weighted by molar-refractivity contribution is -0.122. The first-order chi connectivity index (χ1) is 16.6. The lowest BCUT2D eigenvalue weighted by Crippen LogP contribution is -2.35. The van der Waals surface area contributed by atoms with Crippen molar-refractivity contribution < 1.29 is 9.53 Å². The lowest BCUT2D eigenvalue weighted by atomic mass is 10.0. The van der Waals surface area contributed by atoms with E-state index in [2.05, 4.69) is 24.1 Å². The van der Waals surface area contributed by atoms with Crippen molar-refractivity contribution in [1.29, 1.82) is 0 Å². The molecule has 0 aliphatic heterocycles. The van der Waals surface area contributed by atoms with Gasteiger partial charge in [0.05, 0.1) is 28.1 Å². The van der Waals surface area contributed by atoms with Crippen LogP contribution in [0.3, 0.4) is 0 Å². The Labute approximate surface area is 197 Å². The minimum Gasteiger partial charge on any atom is -0.486 e. The van der Waals surface area contributed by atoms with Crippen LogP contribution in [0.5, 0.6) is 5.75 Å². The van der Waals surface area contributed by atoms with Crippen LogP contribution in [0.2, 0.25) is 0 Å². The molecule has 0 spiro atoms. The van der Waals surface area contributed by atoms with E-state index in [1.54, 1.807) is 0 Å². The van der Waals surface area contributed by atoms with Crippen LogP contribution < -0.4 is 10.1 Å². The maximum absolute atomic E-state index is 13.2. The quantitative estimate of drug-likeness (QED) is 0.346. The second kappa shape index (κ2) is 9.39. The number of H-pyrrole nitrogens is 1. The Morgan fingerprint density at radius 3 is 2.41 bits per heavy atom. The molecule has 0 saturated carbocycles. The smallest absolute Gasteiger partial charge is 0.240 e. The zero-order valence-corrected chi connectivity index (χ0v) is 19.2. The van der Waals surface area contributed by atoms with Gasteiger partial charge in [0.1, 0.15) is 30.5 Å². The molecule has 0 aliphatic carbocycles. The molecule has 172 valence electrons. The van der Waals surface area contributed by atoms with Gasteiger partial charge >= 0.3 is 0 Å². The Bertz CT molecular complexity index is 1390. The Morgan fingerprint density at radius 2 is 1.65 bits per heavy atom. The third-order valence-corrected chi connectivity index (χ3v) is 5.83. The van der Waals surface area contributed by atoms with E-state index in [-0.39, 0.29) is 31.0 Å². The fraction of sp³-hybridized carbons (Fsp3) is 0.222. The maximum Gasteiger partial charge on any atom is 0.240 e. The number of ether oxygens (including phenoxy) is 1. The lowest BCUT2D eigenvalue weighted by Gasteiger charge is -2.21. The molecule has 7 heteroatoms. The van der Waals surface area contributed by atoms with Gasteiger partial charge in [-0.15, -0.1) is 0 Å². The summed E-state index contributed by atoms with van der Waals surface area (Å²) in [5, 5.41) is 3.18. The van der Waals surface area contributed by atoms with Gasteiger partial charge in [-0.2, -0.15) is 0 Å². The summed E-state index contributed by atoms with van der Waals surface area (Å²) in [6.45, 7) is 4.55. The van der Waals surface area contributed by atoms with Gasteiger partial charge < -0.3 is 19.6 Å². The van der Waals surface area contributed by atoms with Crippen LogP contribution in [0.4, 0.5) is 0 Å². The number of amides is 1. The highest BCUT2D eigenvalue weighted by Crippen LogP contribution is 2.23. The summed E-state index contributed by atoms with van der Waals surface area (Å²) in [4.78, 5) is 26.0. The molecule has 5 aromatic rings. The van der Waals surface area contributed by atoms with E-state index in [0.29, 0.717) is 5.82 Å². The molecule has 1 unspecified atom stereocenters. The summed E-state index contributed by atoms with van der Waals surface area (Å²) in [6.07, 6.45) is 0. The van der Waals surface area contributed by atoms with Gasteiger partial charge in [0.2, 0.25) is 5.91 Å². The molecule has 0 bridgehead atoms. The number of hydrogen-bond donors (Lipinski definition) is 2. The van der Waals surface area contributed by atoms with E-state index in [1.165, 1.54) is 0 Å². The molecule has 0 saturated heterocycles. The van der Waals surface area contributed by atoms with Crippen molar-refractivity contribution in [3.05, 3.63) is 90.5 Å². The Hall–Kier alpha value is -4.13. The number of fused-ring (bicyclic) bond motifs is 2. The molecule has 2 aromatic heterocycles. The topological polar surface area (TPSA) is 84.8 Å². The predicted molar refractivity (Wildman–Crippen MR) is 132 cm³/mol. The number of aromatic nitrogens is 4. The predicted octanol–water partition coefficient (Wildman–Crippen LogP) is 5.01. The number of aromatic amines is 1. The summed E-state index contributed by atoms with van der Waals surface area (Å²) in [7, 11) is 0. The van der Waals surface area contributed by atoms with Crippen LogP contribution in [0.15, 0.2) is 78.9 Å². The van der Waals surface area contributed by atoms with E-state index in [1.807, 2.05) is 83.4 Å². The molecule has 0 fully saturated rings. The Balaban J connectivity index is 1.38. The number of para-hydroxylation sites is 5.